The van der Waals surface area contributed by atoms with Gasteiger partial charge in [-0.1, -0.05) is 23.7 Å². The number of hydrogen-bond acceptors (Lipinski definition) is 6. The van der Waals surface area contributed by atoms with Crippen LogP contribution in [0, 0.1) is 5.82 Å². The van der Waals surface area contributed by atoms with Crippen LogP contribution in [0.1, 0.15) is 16.1 Å². The normalized spacial score (nSPS) is 13.9. The van der Waals surface area contributed by atoms with Gasteiger partial charge in [0.25, 0.3) is 5.91 Å². The third kappa shape index (κ3) is 8.11. The fraction of sp³-hybridized carbons (Fsp3) is 0.222. The van der Waals surface area contributed by atoms with Gasteiger partial charge in [-0.3, -0.25) is 19.5 Å². The molecule has 1 aliphatic rings. The zero-order valence-electron chi connectivity index (χ0n) is 20.0. The van der Waals surface area contributed by atoms with Crippen LogP contribution in [0.25, 0.3) is 6.08 Å². The maximum absolute atomic E-state index is 13.6. The molecule has 3 aromatic rings. The van der Waals surface area contributed by atoms with Gasteiger partial charge in [0.05, 0.1) is 18.2 Å². The number of carbonyl (C=O) groups excluding carboxylic acids is 2. The monoisotopic (exact) mass is 524 g/mol. The van der Waals surface area contributed by atoms with E-state index in [9.17, 15) is 14.0 Å². The van der Waals surface area contributed by atoms with Crippen LogP contribution in [0.5, 0.6) is 11.5 Å². The zero-order chi connectivity index (χ0) is 26.0. The summed E-state index contributed by atoms with van der Waals surface area (Å²) in [6.45, 7) is 4.41. The summed E-state index contributed by atoms with van der Waals surface area (Å²) in [6.07, 6.45) is 4.45. The maximum Gasteiger partial charge on any atom is 0.270 e. The molecule has 2 aromatic carbocycles. The Balaban J connectivity index is 1.31. The molecule has 0 bridgehead atoms. The minimum absolute atomic E-state index is 0.0175. The van der Waals surface area contributed by atoms with Gasteiger partial charge in [-0.05, 0) is 48.0 Å². The van der Waals surface area contributed by atoms with Crippen molar-refractivity contribution < 1.29 is 23.5 Å². The van der Waals surface area contributed by atoms with E-state index in [1.54, 1.807) is 42.5 Å². The predicted molar refractivity (Wildman–Crippen MR) is 139 cm³/mol. The molecule has 192 valence electrons. The summed E-state index contributed by atoms with van der Waals surface area (Å²) >= 11 is 5.66. The molecular weight excluding hydrogens is 499 g/mol. The largest absolute Gasteiger partial charge is 0.457 e. The van der Waals surface area contributed by atoms with Crippen LogP contribution in [0.3, 0.4) is 0 Å². The van der Waals surface area contributed by atoms with E-state index in [0.29, 0.717) is 42.5 Å². The molecule has 2 N–H and O–H groups in total. The molecule has 4 rings (SSSR count). The van der Waals surface area contributed by atoms with Crippen molar-refractivity contribution in [1.29, 1.82) is 0 Å². The number of aromatic nitrogens is 1. The molecule has 0 aliphatic carbocycles. The second kappa shape index (κ2) is 13.0. The van der Waals surface area contributed by atoms with E-state index >= 15 is 0 Å². The highest BCUT2D eigenvalue weighted by molar-refractivity contribution is 6.30. The number of benzene rings is 2. The summed E-state index contributed by atoms with van der Waals surface area (Å²) in [6, 6.07) is 14.4. The molecule has 0 atom stereocenters. The number of ether oxygens (including phenoxy) is 2. The summed E-state index contributed by atoms with van der Waals surface area (Å²) in [5.41, 5.74) is 1.27. The molecule has 2 heterocycles. The van der Waals surface area contributed by atoms with Crippen molar-refractivity contribution >= 4 is 35.2 Å². The topological polar surface area (TPSA) is 92.8 Å². The summed E-state index contributed by atoms with van der Waals surface area (Å²) in [5.74, 6) is -0.337. The third-order valence-corrected chi connectivity index (χ3v) is 5.80. The van der Waals surface area contributed by atoms with Crippen molar-refractivity contribution in [2.75, 3.05) is 44.7 Å². The number of hydrogen-bond donors (Lipinski definition) is 2. The summed E-state index contributed by atoms with van der Waals surface area (Å²) < 4.78 is 24.8. The van der Waals surface area contributed by atoms with Crippen LogP contribution >= 0.6 is 11.6 Å². The summed E-state index contributed by atoms with van der Waals surface area (Å²) in [4.78, 5) is 31.1. The fourth-order valence-electron chi connectivity index (χ4n) is 3.59. The van der Waals surface area contributed by atoms with E-state index in [0.717, 1.165) is 25.7 Å². The van der Waals surface area contributed by atoms with Crippen LogP contribution in [-0.4, -0.2) is 61.1 Å². The Hall–Kier alpha value is -3.79. The number of halogens is 2. The van der Waals surface area contributed by atoms with Gasteiger partial charge < -0.3 is 20.1 Å². The number of carbonyl (C=O) groups is 2. The molecule has 2 amide bonds. The molecule has 0 saturated carbocycles. The van der Waals surface area contributed by atoms with Crippen molar-refractivity contribution in [2.45, 2.75) is 0 Å². The lowest BCUT2D eigenvalue weighted by atomic mass is 10.2. The Kier molecular flexibility index (Phi) is 9.20. The molecule has 0 unspecified atom stereocenters. The maximum atomic E-state index is 13.6. The Bertz CT molecular complexity index is 1280. The van der Waals surface area contributed by atoms with Gasteiger partial charge in [0.2, 0.25) is 5.91 Å². The van der Waals surface area contributed by atoms with E-state index in [1.165, 1.54) is 24.4 Å². The third-order valence-electron chi connectivity index (χ3n) is 5.49. The standard InChI is InChI=1S/C27H26ClFN4O4/c28-23-6-5-20(17-24(23)29)32-26(34)7-4-19-2-1-3-21(16-19)37-22-8-9-30-25(18-22)27(35)31-10-11-33-12-14-36-15-13-33/h1-9,16-18H,10-15H2,(H,31,35)(H,32,34). The lowest BCUT2D eigenvalue weighted by Gasteiger charge is -2.26. The van der Waals surface area contributed by atoms with Crippen molar-refractivity contribution in [2.24, 2.45) is 0 Å². The second-order valence-electron chi connectivity index (χ2n) is 8.21. The van der Waals surface area contributed by atoms with Gasteiger partial charge in [-0.2, -0.15) is 0 Å². The van der Waals surface area contributed by atoms with Crippen molar-refractivity contribution in [3.63, 3.8) is 0 Å². The molecule has 1 aromatic heterocycles. The van der Waals surface area contributed by atoms with E-state index in [4.69, 9.17) is 21.1 Å². The second-order valence-corrected chi connectivity index (χ2v) is 8.62. The number of pyridine rings is 1. The van der Waals surface area contributed by atoms with Crippen LogP contribution in [0.4, 0.5) is 10.1 Å². The van der Waals surface area contributed by atoms with Crippen LogP contribution in [0.15, 0.2) is 66.9 Å². The number of nitrogens with one attached hydrogen (secondary N) is 2. The van der Waals surface area contributed by atoms with Gasteiger partial charge >= 0.3 is 0 Å². The quantitative estimate of drug-likeness (QED) is 0.404. The minimum atomic E-state index is -0.613. The lowest BCUT2D eigenvalue weighted by molar-refractivity contribution is -0.111. The van der Waals surface area contributed by atoms with Crippen molar-refractivity contribution in [3.05, 3.63) is 89.0 Å². The van der Waals surface area contributed by atoms with Crippen LogP contribution in [0.2, 0.25) is 5.02 Å². The number of anilines is 1. The Morgan fingerprint density at radius 2 is 1.92 bits per heavy atom. The SMILES string of the molecule is O=C(C=Cc1cccc(Oc2ccnc(C(=O)NCCN3CCOCC3)c2)c1)Nc1ccc(Cl)c(F)c1. The van der Waals surface area contributed by atoms with Crippen molar-refractivity contribution in [1.82, 2.24) is 15.2 Å². The van der Waals surface area contributed by atoms with Gasteiger partial charge in [-0.25, -0.2) is 4.39 Å². The Morgan fingerprint density at radius 3 is 2.73 bits per heavy atom. The first kappa shape index (κ1) is 26.3. The number of nitrogens with zero attached hydrogens (tertiary/aromatic N) is 2. The minimum Gasteiger partial charge on any atom is -0.457 e. The highest BCUT2D eigenvalue weighted by atomic mass is 35.5. The predicted octanol–water partition coefficient (Wildman–Crippen LogP) is 4.38. The highest BCUT2D eigenvalue weighted by Crippen LogP contribution is 2.23. The van der Waals surface area contributed by atoms with E-state index in [1.807, 2.05) is 0 Å². The van der Waals surface area contributed by atoms with E-state index in [-0.39, 0.29) is 16.6 Å². The first-order valence-electron chi connectivity index (χ1n) is 11.7. The van der Waals surface area contributed by atoms with Crippen LogP contribution in [-0.2, 0) is 9.53 Å². The van der Waals surface area contributed by atoms with E-state index in [2.05, 4.69) is 20.5 Å². The fourth-order valence-corrected chi connectivity index (χ4v) is 3.71. The zero-order valence-corrected chi connectivity index (χ0v) is 20.7. The van der Waals surface area contributed by atoms with Gasteiger partial charge in [-0.15, -0.1) is 0 Å². The first-order valence-corrected chi connectivity index (χ1v) is 12.1. The lowest BCUT2D eigenvalue weighted by Crippen LogP contribution is -2.41. The summed E-state index contributed by atoms with van der Waals surface area (Å²) in [7, 11) is 0. The molecule has 0 radical (unpaired) electrons. The average molecular weight is 525 g/mol. The Morgan fingerprint density at radius 1 is 1.11 bits per heavy atom. The number of rotatable bonds is 9. The van der Waals surface area contributed by atoms with Gasteiger partial charge in [0.15, 0.2) is 0 Å². The smallest absolute Gasteiger partial charge is 0.270 e. The molecule has 37 heavy (non-hydrogen) atoms. The van der Waals surface area contributed by atoms with Gasteiger partial charge in [0, 0.05) is 50.2 Å². The molecule has 1 aliphatic heterocycles. The molecular formula is C27H26ClFN4O4. The molecule has 1 saturated heterocycles. The van der Waals surface area contributed by atoms with Crippen molar-refractivity contribution in [3.8, 4) is 11.5 Å². The first-order chi connectivity index (χ1) is 18.0. The summed E-state index contributed by atoms with van der Waals surface area (Å²) in [5, 5.41) is 5.44. The average Bonchev–Trinajstić information content (AvgIpc) is 2.90. The van der Waals surface area contributed by atoms with Gasteiger partial charge in [0.1, 0.15) is 23.0 Å². The molecule has 0 spiro atoms. The van der Waals surface area contributed by atoms with E-state index < -0.39 is 11.7 Å². The molecule has 10 heteroatoms. The highest BCUT2D eigenvalue weighted by Gasteiger charge is 2.12. The number of amides is 2. The molecule has 8 nitrogen and oxygen atoms in total. The Labute approximate surface area is 219 Å². The number of morpholine rings is 1. The van der Waals surface area contributed by atoms with Crippen LogP contribution < -0.4 is 15.4 Å². The molecule has 1 fully saturated rings.